The van der Waals surface area contributed by atoms with Crippen molar-refractivity contribution in [3.63, 3.8) is 0 Å². The first-order valence-corrected chi connectivity index (χ1v) is 9.47. The molecule has 1 aliphatic rings. The number of aliphatic hydroxyl groups is 1. The van der Waals surface area contributed by atoms with E-state index in [1.54, 1.807) is 13.0 Å². The molecule has 2 heterocycles. The summed E-state index contributed by atoms with van der Waals surface area (Å²) in [7, 11) is 0. The Kier molecular flexibility index (Phi) is 5.24. The van der Waals surface area contributed by atoms with Crippen molar-refractivity contribution in [1.29, 1.82) is 0 Å². The number of fused-ring (bicyclic) bond motifs is 1. The second kappa shape index (κ2) is 7.43. The second-order valence-corrected chi connectivity index (χ2v) is 6.99. The Bertz CT molecular complexity index is 853. The third-order valence-electron chi connectivity index (χ3n) is 4.22. The van der Waals surface area contributed by atoms with Crippen LogP contribution in [0.4, 0.5) is 11.6 Å². The van der Waals surface area contributed by atoms with Crippen LogP contribution >= 0.6 is 11.8 Å². The van der Waals surface area contributed by atoms with Crippen LogP contribution in [0.25, 0.3) is 0 Å². The van der Waals surface area contributed by atoms with Crippen LogP contribution < -0.4 is 10.6 Å². The minimum atomic E-state index is -0.937. The van der Waals surface area contributed by atoms with Crippen molar-refractivity contribution in [3.8, 4) is 0 Å². The number of hydrogen-bond donors (Lipinski definition) is 3. The maximum atomic E-state index is 12.4. The first kappa shape index (κ1) is 18.3. The van der Waals surface area contributed by atoms with E-state index in [9.17, 15) is 9.90 Å². The molecule has 0 saturated carbocycles. The number of aromatic nitrogens is 3. The Labute approximate surface area is 156 Å². The highest BCUT2D eigenvalue weighted by Crippen LogP contribution is 2.36. The van der Waals surface area contributed by atoms with Gasteiger partial charge in [0.05, 0.1) is 5.69 Å². The standard InChI is InChI=1S/C18H21N5O2S/c1-4-9-19-16(24)12-10-20-17(26-3)23-15(12)22-13-6-5-11-7-8-18(2,25)14(11)21-13/h4-6,10,25H,1,7-9H2,2-3H3,(H,19,24)(H,20,21,22,23). The van der Waals surface area contributed by atoms with Crippen LogP contribution in [0.5, 0.6) is 0 Å². The fourth-order valence-corrected chi connectivity index (χ4v) is 3.17. The minimum absolute atomic E-state index is 0.298. The van der Waals surface area contributed by atoms with Gasteiger partial charge in [-0.15, -0.1) is 6.58 Å². The van der Waals surface area contributed by atoms with Gasteiger partial charge in [-0.2, -0.15) is 0 Å². The minimum Gasteiger partial charge on any atom is -0.384 e. The van der Waals surface area contributed by atoms with E-state index < -0.39 is 5.60 Å². The predicted molar refractivity (Wildman–Crippen MR) is 102 cm³/mol. The number of anilines is 2. The molecule has 0 aromatic carbocycles. The summed E-state index contributed by atoms with van der Waals surface area (Å²) in [6.45, 7) is 5.71. The molecule has 1 atom stereocenters. The third kappa shape index (κ3) is 3.71. The van der Waals surface area contributed by atoms with Crippen molar-refractivity contribution in [2.24, 2.45) is 0 Å². The molecule has 2 aromatic rings. The summed E-state index contributed by atoms with van der Waals surface area (Å²) in [6.07, 6.45) is 6.41. The van der Waals surface area contributed by atoms with Crippen molar-refractivity contribution in [3.05, 3.63) is 47.8 Å². The largest absolute Gasteiger partial charge is 0.384 e. The number of rotatable bonds is 6. The molecule has 1 unspecified atom stereocenters. The monoisotopic (exact) mass is 371 g/mol. The number of aryl methyl sites for hydroxylation is 1. The fourth-order valence-electron chi connectivity index (χ4n) is 2.83. The van der Waals surface area contributed by atoms with Crippen molar-refractivity contribution in [2.75, 3.05) is 18.1 Å². The number of thioether (sulfide) groups is 1. The van der Waals surface area contributed by atoms with Crippen molar-refractivity contribution < 1.29 is 9.90 Å². The lowest BCUT2D eigenvalue weighted by Crippen LogP contribution is -2.25. The van der Waals surface area contributed by atoms with Gasteiger partial charge in [0, 0.05) is 12.7 Å². The van der Waals surface area contributed by atoms with E-state index in [-0.39, 0.29) is 5.91 Å². The number of carbonyl (C=O) groups excluding carboxylic acids is 1. The highest BCUT2D eigenvalue weighted by molar-refractivity contribution is 7.98. The number of hydrogen-bond acceptors (Lipinski definition) is 7. The van der Waals surface area contributed by atoms with Crippen LogP contribution in [0, 0.1) is 0 Å². The van der Waals surface area contributed by atoms with Crippen LogP contribution in [0.2, 0.25) is 0 Å². The summed E-state index contributed by atoms with van der Waals surface area (Å²) in [5.41, 5.74) is 1.09. The molecule has 0 aliphatic heterocycles. The smallest absolute Gasteiger partial charge is 0.256 e. The molecule has 1 amide bonds. The predicted octanol–water partition coefficient (Wildman–Crippen LogP) is 2.41. The average molecular weight is 371 g/mol. The van der Waals surface area contributed by atoms with Crippen LogP contribution in [0.1, 0.15) is 35.0 Å². The maximum absolute atomic E-state index is 12.4. The molecular weight excluding hydrogens is 350 g/mol. The summed E-state index contributed by atoms with van der Waals surface area (Å²) in [5.74, 6) is 0.596. The molecule has 2 aromatic heterocycles. The van der Waals surface area contributed by atoms with E-state index in [1.807, 2.05) is 18.4 Å². The zero-order valence-corrected chi connectivity index (χ0v) is 15.6. The van der Waals surface area contributed by atoms with Gasteiger partial charge in [0.15, 0.2) is 5.16 Å². The topological polar surface area (TPSA) is 100 Å². The molecule has 0 bridgehead atoms. The molecule has 0 fully saturated rings. The van der Waals surface area contributed by atoms with E-state index in [4.69, 9.17) is 0 Å². The summed E-state index contributed by atoms with van der Waals surface area (Å²) < 4.78 is 0. The molecule has 26 heavy (non-hydrogen) atoms. The van der Waals surface area contributed by atoms with Gasteiger partial charge in [0.2, 0.25) is 0 Å². The lowest BCUT2D eigenvalue weighted by Gasteiger charge is -2.17. The Morgan fingerprint density at radius 1 is 1.46 bits per heavy atom. The lowest BCUT2D eigenvalue weighted by molar-refractivity contribution is 0.0555. The Balaban J connectivity index is 1.94. The number of carbonyl (C=O) groups is 1. The van der Waals surface area contributed by atoms with Gasteiger partial charge in [-0.3, -0.25) is 4.79 Å². The molecule has 0 radical (unpaired) electrons. The summed E-state index contributed by atoms with van der Waals surface area (Å²) >= 11 is 1.38. The van der Waals surface area contributed by atoms with E-state index >= 15 is 0 Å². The quantitative estimate of drug-likeness (QED) is 0.407. The molecular formula is C18H21N5O2S. The van der Waals surface area contributed by atoms with Gasteiger partial charge in [0.1, 0.15) is 22.8 Å². The SMILES string of the molecule is C=CCNC(=O)c1cnc(SC)nc1Nc1ccc2c(n1)C(C)(O)CC2. The van der Waals surface area contributed by atoms with Crippen LogP contribution in [0.15, 0.2) is 36.1 Å². The Morgan fingerprint density at radius 3 is 3.00 bits per heavy atom. The molecule has 136 valence electrons. The molecule has 3 rings (SSSR count). The van der Waals surface area contributed by atoms with Gasteiger partial charge in [-0.25, -0.2) is 15.0 Å². The van der Waals surface area contributed by atoms with Crippen molar-refractivity contribution in [1.82, 2.24) is 20.3 Å². The summed E-state index contributed by atoms with van der Waals surface area (Å²) in [5, 5.41) is 16.8. The molecule has 3 N–H and O–H groups in total. The fraction of sp³-hybridized carbons (Fsp3) is 0.333. The molecule has 0 spiro atoms. The third-order valence-corrected chi connectivity index (χ3v) is 4.78. The highest BCUT2D eigenvalue weighted by Gasteiger charge is 2.33. The lowest BCUT2D eigenvalue weighted by atomic mass is 10.0. The van der Waals surface area contributed by atoms with Crippen LogP contribution in [-0.4, -0.2) is 38.8 Å². The van der Waals surface area contributed by atoms with E-state index in [0.717, 1.165) is 12.0 Å². The van der Waals surface area contributed by atoms with Gasteiger partial charge in [-0.05, 0) is 37.7 Å². The highest BCUT2D eigenvalue weighted by atomic mass is 32.2. The van der Waals surface area contributed by atoms with Gasteiger partial charge >= 0.3 is 0 Å². The van der Waals surface area contributed by atoms with E-state index in [1.165, 1.54) is 18.0 Å². The normalized spacial score (nSPS) is 18.3. The zero-order chi connectivity index (χ0) is 18.7. The molecule has 1 aliphatic carbocycles. The molecule has 0 saturated heterocycles. The second-order valence-electron chi connectivity index (χ2n) is 6.22. The van der Waals surface area contributed by atoms with Crippen molar-refractivity contribution >= 4 is 29.3 Å². The van der Waals surface area contributed by atoms with Crippen LogP contribution in [0.3, 0.4) is 0 Å². The Hall–Kier alpha value is -2.45. The van der Waals surface area contributed by atoms with E-state index in [2.05, 4.69) is 32.2 Å². The average Bonchev–Trinajstić information content (AvgIpc) is 2.94. The number of nitrogens with zero attached hydrogens (tertiary/aromatic N) is 3. The number of nitrogens with one attached hydrogen (secondary N) is 2. The molecule has 7 nitrogen and oxygen atoms in total. The van der Waals surface area contributed by atoms with Gasteiger partial charge in [-0.1, -0.05) is 23.9 Å². The van der Waals surface area contributed by atoms with E-state index in [0.29, 0.717) is 41.0 Å². The Morgan fingerprint density at radius 2 is 2.27 bits per heavy atom. The maximum Gasteiger partial charge on any atom is 0.256 e. The zero-order valence-electron chi connectivity index (χ0n) is 14.7. The number of amides is 1. The number of pyridine rings is 1. The first-order chi connectivity index (χ1) is 12.4. The summed E-state index contributed by atoms with van der Waals surface area (Å²) in [6, 6.07) is 3.77. The van der Waals surface area contributed by atoms with Crippen molar-refractivity contribution in [2.45, 2.75) is 30.5 Å². The van der Waals surface area contributed by atoms with Gasteiger partial charge in [0.25, 0.3) is 5.91 Å². The van der Waals surface area contributed by atoms with Crippen LogP contribution in [-0.2, 0) is 12.0 Å². The van der Waals surface area contributed by atoms with Gasteiger partial charge < -0.3 is 15.7 Å². The molecule has 8 heteroatoms. The summed E-state index contributed by atoms with van der Waals surface area (Å²) in [4.78, 5) is 25.5. The first-order valence-electron chi connectivity index (χ1n) is 8.24.